The summed E-state index contributed by atoms with van der Waals surface area (Å²) in [4.78, 5) is 0. The van der Waals surface area contributed by atoms with Crippen molar-refractivity contribution in [3.05, 3.63) is 36.0 Å². The van der Waals surface area contributed by atoms with Crippen molar-refractivity contribution >= 4 is 0 Å². The largest absolute Gasteiger partial charge is 0.0914 e. The van der Waals surface area contributed by atoms with Gasteiger partial charge in [0.2, 0.25) is 0 Å². The highest BCUT2D eigenvalue weighted by Crippen LogP contribution is 2.02. The molecule has 0 saturated heterocycles. The van der Waals surface area contributed by atoms with Gasteiger partial charge in [0.1, 0.15) is 0 Å². The fourth-order valence-electron chi connectivity index (χ4n) is 0.792. The van der Waals surface area contributed by atoms with E-state index in [2.05, 4.69) is 51.2 Å². The molecule has 0 aromatic heterocycles. The number of hydrogen-bond donors (Lipinski definition) is 0. The lowest BCUT2D eigenvalue weighted by molar-refractivity contribution is 1.16. The Hall–Kier alpha value is -0.780. The molecule has 0 amide bonds. The van der Waals surface area contributed by atoms with Crippen LogP contribution in [-0.4, -0.2) is 0 Å². The highest BCUT2D eigenvalue weighted by atomic mass is 13.9. The van der Waals surface area contributed by atoms with E-state index in [1.165, 1.54) is 5.57 Å². The summed E-state index contributed by atoms with van der Waals surface area (Å²) in [5, 5.41) is 0. The van der Waals surface area contributed by atoms with Gasteiger partial charge in [-0.25, -0.2) is 0 Å². The van der Waals surface area contributed by atoms with Crippen LogP contribution in [0.1, 0.15) is 33.6 Å². The van der Waals surface area contributed by atoms with E-state index in [4.69, 9.17) is 0 Å². The Bertz CT molecular complexity index is 159. The van der Waals surface area contributed by atoms with Crippen LogP contribution in [0.4, 0.5) is 0 Å². The molecule has 0 aliphatic heterocycles. The molecular formula is C11H18. The minimum Gasteiger partial charge on any atom is -0.0914 e. The zero-order valence-electron chi connectivity index (χ0n) is 7.80. The minimum absolute atomic E-state index is 1.07. The van der Waals surface area contributed by atoms with Crippen molar-refractivity contribution in [3.8, 4) is 0 Å². The summed E-state index contributed by atoms with van der Waals surface area (Å²) in [7, 11) is 0. The molecule has 0 aromatic rings. The van der Waals surface area contributed by atoms with Gasteiger partial charge in [-0.2, -0.15) is 0 Å². The van der Waals surface area contributed by atoms with Crippen LogP contribution >= 0.6 is 0 Å². The molecular weight excluding hydrogens is 132 g/mol. The first-order chi connectivity index (χ1) is 5.31. The van der Waals surface area contributed by atoms with E-state index in [-0.39, 0.29) is 0 Å². The van der Waals surface area contributed by atoms with Crippen LogP contribution in [0.25, 0.3) is 0 Å². The summed E-state index contributed by atoms with van der Waals surface area (Å²) in [5.74, 6) is 0. The molecule has 0 nitrogen and oxygen atoms in total. The van der Waals surface area contributed by atoms with Gasteiger partial charge in [0, 0.05) is 0 Å². The Morgan fingerprint density at radius 2 is 1.73 bits per heavy atom. The second-order valence-corrected chi connectivity index (χ2v) is 2.63. The standard InChI is InChI=1S/C11H18/c1-4-6-8-10-11(3)9-7-5-2/h4-7,10H,8-9H2,1-3H3. The lowest BCUT2D eigenvalue weighted by atomic mass is 10.1. The van der Waals surface area contributed by atoms with Gasteiger partial charge in [-0.05, 0) is 33.6 Å². The van der Waals surface area contributed by atoms with Crippen molar-refractivity contribution in [2.45, 2.75) is 33.6 Å². The van der Waals surface area contributed by atoms with Gasteiger partial charge >= 0.3 is 0 Å². The molecule has 0 aromatic carbocycles. The fourth-order valence-corrected chi connectivity index (χ4v) is 0.792. The van der Waals surface area contributed by atoms with Crippen LogP contribution in [0.3, 0.4) is 0 Å². The molecule has 0 bridgehead atoms. The Balaban J connectivity index is 3.62. The Labute approximate surface area is 70.3 Å². The molecule has 0 atom stereocenters. The zero-order chi connectivity index (χ0) is 8.53. The van der Waals surface area contributed by atoms with Gasteiger partial charge in [0.05, 0.1) is 0 Å². The van der Waals surface area contributed by atoms with E-state index >= 15 is 0 Å². The highest BCUT2D eigenvalue weighted by Gasteiger charge is 1.81. The third kappa shape index (κ3) is 7.11. The zero-order valence-corrected chi connectivity index (χ0v) is 7.80. The predicted octanol–water partition coefficient (Wildman–Crippen LogP) is 3.87. The van der Waals surface area contributed by atoms with Crippen LogP contribution in [0.5, 0.6) is 0 Å². The fraction of sp³-hybridized carbons (Fsp3) is 0.455. The molecule has 0 aliphatic carbocycles. The molecule has 0 radical (unpaired) electrons. The van der Waals surface area contributed by atoms with Crippen molar-refractivity contribution in [3.63, 3.8) is 0 Å². The quantitative estimate of drug-likeness (QED) is 0.534. The molecule has 62 valence electrons. The highest BCUT2D eigenvalue weighted by molar-refractivity contribution is 5.06. The maximum Gasteiger partial charge on any atom is -0.0142 e. The topological polar surface area (TPSA) is 0 Å². The van der Waals surface area contributed by atoms with E-state index < -0.39 is 0 Å². The molecule has 0 fully saturated rings. The van der Waals surface area contributed by atoms with Crippen molar-refractivity contribution in [2.24, 2.45) is 0 Å². The molecule has 0 unspecified atom stereocenters. The average molecular weight is 150 g/mol. The van der Waals surface area contributed by atoms with Crippen LogP contribution in [-0.2, 0) is 0 Å². The van der Waals surface area contributed by atoms with Gasteiger partial charge in [0.25, 0.3) is 0 Å². The van der Waals surface area contributed by atoms with Crippen LogP contribution < -0.4 is 0 Å². The second-order valence-electron chi connectivity index (χ2n) is 2.63. The van der Waals surface area contributed by atoms with Gasteiger partial charge in [-0.1, -0.05) is 36.0 Å². The van der Waals surface area contributed by atoms with E-state index in [1.54, 1.807) is 0 Å². The molecule has 0 aliphatic rings. The molecule has 0 N–H and O–H groups in total. The summed E-state index contributed by atoms with van der Waals surface area (Å²) in [6.45, 7) is 6.28. The van der Waals surface area contributed by atoms with Gasteiger partial charge in [-0.3, -0.25) is 0 Å². The predicted molar refractivity (Wildman–Crippen MR) is 52.6 cm³/mol. The van der Waals surface area contributed by atoms with Gasteiger partial charge < -0.3 is 0 Å². The Morgan fingerprint density at radius 3 is 2.27 bits per heavy atom. The van der Waals surface area contributed by atoms with E-state index in [0.29, 0.717) is 0 Å². The van der Waals surface area contributed by atoms with Crippen molar-refractivity contribution in [2.75, 3.05) is 0 Å². The molecule has 0 heteroatoms. The van der Waals surface area contributed by atoms with E-state index in [1.807, 2.05) is 0 Å². The first-order valence-corrected chi connectivity index (χ1v) is 4.19. The maximum atomic E-state index is 2.26. The summed E-state index contributed by atoms with van der Waals surface area (Å²) in [6, 6.07) is 0. The molecule has 0 heterocycles. The van der Waals surface area contributed by atoms with Gasteiger partial charge in [0.15, 0.2) is 0 Å². The van der Waals surface area contributed by atoms with Crippen molar-refractivity contribution < 1.29 is 0 Å². The summed E-state index contributed by atoms with van der Waals surface area (Å²) < 4.78 is 0. The molecule has 0 rings (SSSR count). The number of hydrogen-bond acceptors (Lipinski definition) is 0. The van der Waals surface area contributed by atoms with Crippen LogP contribution in [0.2, 0.25) is 0 Å². The van der Waals surface area contributed by atoms with Gasteiger partial charge in [-0.15, -0.1) is 0 Å². The monoisotopic (exact) mass is 150 g/mol. The molecule has 0 saturated carbocycles. The van der Waals surface area contributed by atoms with Crippen molar-refractivity contribution in [1.82, 2.24) is 0 Å². The first-order valence-electron chi connectivity index (χ1n) is 4.19. The number of allylic oxidation sites excluding steroid dienone is 6. The smallest absolute Gasteiger partial charge is 0.0142 e. The average Bonchev–Trinajstić information content (AvgIpc) is 2.01. The third-order valence-electron chi connectivity index (χ3n) is 1.51. The summed E-state index contributed by atoms with van der Waals surface area (Å²) >= 11 is 0. The molecule has 0 spiro atoms. The van der Waals surface area contributed by atoms with Crippen molar-refractivity contribution in [1.29, 1.82) is 0 Å². The normalized spacial score (nSPS) is 13.5. The Kier molecular flexibility index (Phi) is 6.81. The number of rotatable bonds is 4. The van der Waals surface area contributed by atoms with Crippen LogP contribution in [0, 0.1) is 0 Å². The lowest BCUT2D eigenvalue weighted by Gasteiger charge is -1.92. The maximum absolute atomic E-state index is 2.26. The SMILES string of the molecule is CC=CCC=C(C)CC=CC. The first kappa shape index (κ1) is 10.2. The van der Waals surface area contributed by atoms with E-state index in [9.17, 15) is 0 Å². The lowest BCUT2D eigenvalue weighted by Crippen LogP contribution is -1.71. The third-order valence-corrected chi connectivity index (χ3v) is 1.51. The van der Waals surface area contributed by atoms with E-state index in [0.717, 1.165) is 12.8 Å². The minimum atomic E-state index is 1.07. The summed E-state index contributed by atoms with van der Waals surface area (Å²) in [6.07, 6.45) is 12.9. The summed E-state index contributed by atoms with van der Waals surface area (Å²) in [5.41, 5.74) is 1.45. The van der Waals surface area contributed by atoms with Crippen LogP contribution in [0.15, 0.2) is 36.0 Å². The second kappa shape index (κ2) is 7.33. The molecule has 11 heavy (non-hydrogen) atoms. The Morgan fingerprint density at radius 1 is 1.09 bits per heavy atom.